The van der Waals surface area contributed by atoms with E-state index in [0.29, 0.717) is 17.9 Å². The van der Waals surface area contributed by atoms with Crippen LogP contribution < -0.4 is 15.8 Å². The topological polar surface area (TPSA) is 77.2 Å². The molecule has 0 aliphatic rings. The van der Waals surface area contributed by atoms with E-state index in [-0.39, 0.29) is 11.7 Å². The van der Waals surface area contributed by atoms with Gasteiger partial charge in [-0.1, -0.05) is 24.3 Å². The minimum atomic E-state index is -0.288. The molecule has 1 amide bonds. The third-order valence-electron chi connectivity index (χ3n) is 4.08. The Bertz CT molecular complexity index is 921. The molecule has 5 nitrogen and oxygen atoms in total. The van der Waals surface area contributed by atoms with E-state index in [0.717, 1.165) is 17.0 Å². The average Bonchev–Trinajstić information content (AvgIpc) is 2.62. The highest BCUT2D eigenvalue weighted by molar-refractivity contribution is 6.07. The number of benzene rings is 2. The molecular formula is C21H21N3O2. The fraction of sp³-hybridized carbons (Fsp3) is 0.143. The van der Waals surface area contributed by atoms with Crippen molar-refractivity contribution < 1.29 is 9.53 Å². The summed E-state index contributed by atoms with van der Waals surface area (Å²) in [7, 11) is 0. The summed E-state index contributed by atoms with van der Waals surface area (Å²) in [5.41, 5.74) is 9.95. The number of carbonyl (C=O) groups excluding carboxylic acids is 1. The van der Waals surface area contributed by atoms with Gasteiger partial charge in [0.15, 0.2) is 0 Å². The third-order valence-corrected chi connectivity index (χ3v) is 4.08. The fourth-order valence-corrected chi connectivity index (χ4v) is 2.53. The van der Waals surface area contributed by atoms with Gasteiger partial charge in [-0.15, -0.1) is 0 Å². The van der Waals surface area contributed by atoms with E-state index in [9.17, 15) is 4.79 Å². The molecule has 0 bridgehead atoms. The second-order valence-corrected chi connectivity index (χ2v) is 6.08. The molecule has 0 saturated carbocycles. The van der Waals surface area contributed by atoms with Crippen molar-refractivity contribution in [2.45, 2.75) is 20.5 Å². The van der Waals surface area contributed by atoms with Crippen molar-refractivity contribution in [3.63, 3.8) is 0 Å². The summed E-state index contributed by atoms with van der Waals surface area (Å²) < 4.78 is 5.81. The lowest BCUT2D eigenvalue weighted by molar-refractivity contribution is 0.102. The maximum absolute atomic E-state index is 12.3. The van der Waals surface area contributed by atoms with Crippen LogP contribution in [0.1, 0.15) is 27.2 Å². The number of hydrogen-bond acceptors (Lipinski definition) is 4. The van der Waals surface area contributed by atoms with Crippen LogP contribution in [0.5, 0.6) is 5.75 Å². The number of amides is 1. The van der Waals surface area contributed by atoms with Crippen molar-refractivity contribution in [3.05, 3.63) is 83.0 Å². The fourth-order valence-electron chi connectivity index (χ4n) is 2.53. The summed E-state index contributed by atoms with van der Waals surface area (Å²) in [5, 5.41) is 2.81. The molecule has 0 unspecified atom stereocenters. The molecule has 0 radical (unpaired) electrons. The van der Waals surface area contributed by atoms with Crippen LogP contribution in [0.4, 0.5) is 11.5 Å². The minimum Gasteiger partial charge on any atom is -0.489 e. The minimum absolute atomic E-state index is 0.223. The van der Waals surface area contributed by atoms with Gasteiger partial charge in [-0.25, -0.2) is 4.98 Å². The number of carbonyl (C=O) groups is 1. The van der Waals surface area contributed by atoms with Crippen molar-refractivity contribution in [2.75, 3.05) is 11.1 Å². The van der Waals surface area contributed by atoms with E-state index in [1.807, 2.05) is 37.3 Å². The van der Waals surface area contributed by atoms with E-state index < -0.39 is 0 Å². The van der Waals surface area contributed by atoms with Crippen LogP contribution in [-0.4, -0.2) is 10.9 Å². The predicted molar refractivity (Wildman–Crippen MR) is 103 cm³/mol. The lowest BCUT2D eigenvalue weighted by atomic mass is 10.1. The number of nitrogens with two attached hydrogens (primary N) is 1. The molecule has 1 aromatic heterocycles. The molecule has 0 spiro atoms. The van der Waals surface area contributed by atoms with Gasteiger partial charge in [0.2, 0.25) is 0 Å². The summed E-state index contributed by atoms with van der Waals surface area (Å²) in [4.78, 5) is 16.4. The summed E-state index contributed by atoms with van der Waals surface area (Å²) >= 11 is 0. The number of nitrogen functional groups attached to an aromatic ring is 1. The van der Waals surface area contributed by atoms with Crippen molar-refractivity contribution >= 4 is 17.4 Å². The van der Waals surface area contributed by atoms with E-state index in [4.69, 9.17) is 10.5 Å². The van der Waals surface area contributed by atoms with Gasteiger partial charge >= 0.3 is 0 Å². The number of nitrogens with zero attached hydrogens (tertiary/aromatic N) is 1. The first-order chi connectivity index (χ1) is 12.5. The van der Waals surface area contributed by atoms with Crippen LogP contribution in [0.3, 0.4) is 0 Å². The molecule has 5 heteroatoms. The number of anilines is 2. The molecule has 3 N–H and O–H groups in total. The quantitative estimate of drug-likeness (QED) is 0.728. The molecule has 3 rings (SSSR count). The normalized spacial score (nSPS) is 10.4. The molecule has 0 atom stereocenters. The molecule has 0 aliphatic heterocycles. The number of aromatic nitrogens is 1. The van der Waals surface area contributed by atoms with Crippen LogP contribution >= 0.6 is 0 Å². The first-order valence-electron chi connectivity index (χ1n) is 8.35. The Kier molecular flexibility index (Phi) is 5.17. The smallest absolute Gasteiger partial charge is 0.259 e. The lowest BCUT2D eigenvalue weighted by Gasteiger charge is -2.10. The molecule has 0 fully saturated rings. The summed E-state index contributed by atoms with van der Waals surface area (Å²) in [6.07, 6.45) is 0. The molecule has 0 saturated heterocycles. The van der Waals surface area contributed by atoms with E-state index in [1.54, 1.807) is 24.3 Å². The Labute approximate surface area is 152 Å². The van der Waals surface area contributed by atoms with Gasteiger partial charge in [0.25, 0.3) is 5.91 Å². The number of pyridine rings is 1. The van der Waals surface area contributed by atoms with Crippen LogP contribution in [0.2, 0.25) is 0 Å². The monoisotopic (exact) mass is 347 g/mol. The summed E-state index contributed by atoms with van der Waals surface area (Å²) in [6, 6.07) is 18.8. The van der Waals surface area contributed by atoms with Crippen LogP contribution in [0.25, 0.3) is 0 Å². The van der Waals surface area contributed by atoms with Crippen LogP contribution in [-0.2, 0) is 6.61 Å². The van der Waals surface area contributed by atoms with Gasteiger partial charge in [-0.3, -0.25) is 4.79 Å². The molecular weight excluding hydrogens is 326 g/mol. The zero-order valence-electron chi connectivity index (χ0n) is 14.8. The number of hydrogen-bond donors (Lipinski definition) is 2. The highest BCUT2D eigenvalue weighted by Crippen LogP contribution is 2.19. The zero-order valence-corrected chi connectivity index (χ0v) is 14.8. The average molecular weight is 347 g/mol. The Morgan fingerprint density at radius 1 is 1.04 bits per heavy atom. The van der Waals surface area contributed by atoms with Gasteiger partial charge in [0.05, 0.1) is 5.56 Å². The van der Waals surface area contributed by atoms with Gasteiger partial charge < -0.3 is 15.8 Å². The highest BCUT2D eigenvalue weighted by Gasteiger charge is 2.11. The van der Waals surface area contributed by atoms with Gasteiger partial charge in [-0.2, -0.15) is 0 Å². The molecule has 26 heavy (non-hydrogen) atoms. The zero-order chi connectivity index (χ0) is 18.5. The van der Waals surface area contributed by atoms with Crippen molar-refractivity contribution in [2.24, 2.45) is 0 Å². The lowest BCUT2D eigenvalue weighted by Crippen LogP contribution is -2.15. The van der Waals surface area contributed by atoms with E-state index >= 15 is 0 Å². The standard InChI is InChI=1S/C21H21N3O2/c1-14-5-3-4-6-16(14)13-26-18-10-8-17(9-11-18)24-21(25)19-12-7-15(2)23-20(19)22/h3-12H,13H2,1-2H3,(H2,22,23)(H,24,25). The predicted octanol–water partition coefficient (Wildman–Crippen LogP) is 4.11. The first kappa shape index (κ1) is 17.5. The van der Waals surface area contributed by atoms with Gasteiger partial charge in [-0.05, 0) is 61.4 Å². The van der Waals surface area contributed by atoms with Crippen molar-refractivity contribution in [1.29, 1.82) is 0 Å². The Balaban J connectivity index is 1.62. The van der Waals surface area contributed by atoms with Crippen molar-refractivity contribution in [1.82, 2.24) is 4.98 Å². The number of rotatable bonds is 5. The van der Waals surface area contributed by atoms with E-state index in [2.05, 4.69) is 23.3 Å². The number of ether oxygens (including phenoxy) is 1. The molecule has 0 aliphatic carbocycles. The molecule has 1 heterocycles. The molecule has 3 aromatic rings. The van der Waals surface area contributed by atoms with Gasteiger partial charge in [0.1, 0.15) is 18.2 Å². The maximum Gasteiger partial charge on any atom is 0.259 e. The maximum atomic E-state index is 12.3. The van der Waals surface area contributed by atoms with Gasteiger partial charge in [0, 0.05) is 11.4 Å². The van der Waals surface area contributed by atoms with E-state index in [1.165, 1.54) is 5.56 Å². The van der Waals surface area contributed by atoms with Crippen LogP contribution in [0, 0.1) is 13.8 Å². The van der Waals surface area contributed by atoms with Crippen LogP contribution in [0.15, 0.2) is 60.7 Å². The second-order valence-electron chi connectivity index (χ2n) is 6.08. The third kappa shape index (κ3) is 4.19. The SMILES string of the molecule is Cc1ccc(C(=O)Nc2ccc(OCc3ccccc3C)cc2)c(N)n1. The Hall–Kier alpha value is -3.34. The number of nitrogens with one attached hydrogen (secondary N) is 1. The Morgan fingerprint density at radius 2 is 1.77 bits per heavy atom. The molecule has 2 aromatic carbocycles. The Morgan fingerprint density at radius 3 is 2.46 bits per heavy atom. The number of aryl methyl sites for hydroxylation is 2. The highest BCUT2D eigenvalue weighted by atomic mass is 16.5. The summed E-state index contributed by atoms with van der Waals surface area (Å²) in [5.74, 6) is 0.673. The largest absolute Gasteiger partial charge is 0.489 e. The first-order valence-corrected chi connectivity index (χ1v) is 8.35. The van der Waals surface area contributed by atoms with Crippen molar-refractivity contribution in [3.8, 4) is 5.75 Å². The molecule has 132 valence electrons. The second kappa shape index (κ2) is 7.70. The summed E-state index contributed by atoms with van der Waals surface area (Å²) in [6.45, 7) is 4.39.